The summed E-state index contributed by atoms with van der Waals surface area (Å²) in [5, 5.41) is 25.4. The molecule has 9 heteroatoms. The maximum atomic E-state index is 12.8. The van der Waals surface area contributed by atoms with Gasteiger partial charge in [0.1, 0.15) is 11.1 Å². The normalized spacial score (nSPS) is 14.7. The number of aromatic carboxylic acids is 1. The van der Waals surface area contributed by atoms with Crippen molar-refractivity contribution in [1.29, 1.82) is 5.26 Å². The second-order valence-corrected chi connectivity index (χ2v) is 12.4. The van der Waals surface area contributed by atoms with Crippen LogP contribution in [0.5, 0.6) is 0 Å². The van der Waals surface area contributed by atoms with Crippen molar-refractivity contribution in [3.8, 4) is 6.07 Å². The second kappa shape index (κ2) is 11.4. The first-order valence-electron chi connectivity index (χ1n) is 12.3. The van der Waals surface area contributed by atoms with E-state index in [1.165, 1.54) is 40.1 Å². The highest BCUT2D eigenvalue weighted by molar-refractivity contribution is 8.00. The molecule has 1 aromatic heterocycles. The fraction of sp³-hybridized carbons (Fsp3) is 0.310. The lowest BCUT2D eigenvalue weighted by Gasteiger charge is -2.33. The first kappa shape index (κ1) is 27.4. The minimum atomic E-state index is -1.17. The van der Waals surface area contributed by atoms with Crippen molar-refractivity contribution in [2.24, 2.45) is 11.3 Å². The number of carboxylic acid groups (broad SMARTS) is 1. The van der Waals surface area contributed by atoms with E-state index in [0.29, 0.717) is 22.2 Å². The molecule has 38 heavy (non-hydrogen) atoms. The van der Waals surface area contributed by atoms with Crippen LogP contribution in [0.25, 0.3) is 0 Å². The van der Waals surface area contributed by atoms with Gasteiger partial charge in [0.2, 0.25) is 5.91 Å². The summed E-state index contributed by atoms with van der Waals surface area (Å²) < 4.78 is 0. The fourth-order valence-corrected chi connectivity index (χ4v) is 6.62. The molecule has 2 amide bonds. The molecule has 3 N–H and O–H groups in total. The standard InChI is InChI=1S/C29H29N3O4S2/c1-29(2,3)17-11-12-20-23(15-30)27(38-24(20)13-17)32-25(33)16-37-19-8-6-7-18(14-19)31-26(34)21-9-4-5-10-22(21)28(35)36/h4-10,14,17H,11-13,16H2,1-3H3,(H,31,34)(H,32,33)(H,35,36). The molecule has 0 fully saturated rings. The minimum absolute atomic E-state index is 0.0678. The van der Waals surface area contributed by atoms with Gasteiger partial charge in [0.05, 0.1) is 22.4 Å². The molecule has 1 aliphatic carbocycles. The molecular formula is C29H29N3O4S2. The topological polar surface area (TPSA) is 119 Å². The first-order valence-corrected chi connectivity index (χ1v) is 14.1. The van der Waals surface area contributed by atoms with Crippen LogP contribution in [0.1, 0.15) is 63.9 Å². The monoisotopic (exact) mass is 547 g/mol. The van der Waals surface area contributed by atoms with Crippen molar-refractivity contribution in [2.45, 2.75) is 44.9 Å². The van der Waals surface area contributed by atoms with Gasteiger partial charge in [-0.25, -0.2) is 4.79 Å². The highest BCUT2D eigenvalue weighted by Crippen LogP contribution is 2.44. The predicted molar refractivity (Wildman–Crippen MR) is 151 cm³/mol. The van der Waals surface area contributed by atoms with E-state index in [1.54, 1.807) is 30.3 Å². The molecule has 1 atom stereocenters. The van der Waals surface area contributed by atoms with Crippen LogP contribution >= 0.6 is 23.1 Å². The Labute approximate surface area is 230 Å². The van der Waals surface area contributed by atoms with Crippen LogP contribution in [-0.2, 0) is 17.6 Å². The van der Waals surface area contributed by atoms with Gasteiger partial charge in [-0.15, -0.1) is 23.1 Å². The van der Waals surface area contributed by atoms with Gasteiger partial charge in [-0.3, -0.25) is 9.59 Å². The number of nitrogens with zero attached hydrogens (tertiary/aromatic N) is 1. The van der Waals surface area contributed by atoms with Gasteiger partial charge in [0, 0.05) is 15.5 Å². The number of hydrogen-bond donors (Lipinski definition) is 3. The van der Waals surface area contributed by atoms with Gasteiger partial charge in [0.25, 0.3) is 5.91 Å². The molecule has 0 spiro atoms. The molecule has 0 bridgehead atoms. The van der Waals surface area contributed by atoms with E-state index in [2.05, 4.69) is 37.5 Å². The van der Waals surface area contributed by atoms with Crippen molar-refractivity contribution < 1.29 is 19.5 Å². The molecule has 7 nitrogen and oxygen atoms in total. The lowest BCUT2D eigenvalue weighted by atomic mass is 9.72. The number of hydrogen-bond acceptors (Lipinski definition) is 6. The summed E-state index contributed by atoms with van der Waals surface area (Å²) in [6.45, 7) is 6.74. The summed E-state index contributed by atoms with van der Waals surface area (Å²) in [6.07, 6.45) is 2.83. The highest BCUT2D eigenvalue weighted by atomic mass is 32.2. The van der Waals surface area contributed by atoms with E-state index in [0.717, 1.165) is 29.7 Å². The summed E-state index contributed by atoms with van der Waals surface area (Å²) in [4.78, 5) is 38.8. The zero-order valence-electron chi connectivity index (χ0n) is 21.5. The number of fused-ring (bicyclic) bond motifs is 1. The molecule has 0 saturated heterocycles. The predicted octanol–water partition coefficient (Wildman–Crippen LogP) is 6.45. The molecule has 0 saturated carbocycles. The zero-order valence-corrected chi connectivity index (χ0v) is 23.1. The lowest BCUT2D eigenvalue weighted by Crippen LogP contribution is -2.26. The van der Waals surface area contributed by atoms with Gasteiger partial charge in [-0.05, 0) is 66.5 Å². The summed E-state index contributed by atoms with van der Waals surface area (Å²) in [5.74, 6) is -1.22. The van der Waals surface area contributed by atoms with Crippen molar-refractivity contribution >= 4 is 51.6 Å². The summed E-state index contributed by atoms with van der Waals surface area (Å²) >= 11 is 2.82. The van der Waals surface area contributed by atoms with Crippen molar-refractivity contribution in [2.75, 3.05) is 16.4 Å². The zero-order chi connectivity index (χ0) is 27.4. The van der Waals surface area contributed by atoms with E-state index in [4.69, 9.17) is 0 Å². The Bertz CT molecular complexity index is 1430. The molecular weight excluding hydrogens is 518 g/mol. The smallest absolute Gasteiger partial charge is 0.336 e. The molecule has 3 aromatic rings. The molecule has 0 radical (unpaired) electrons. The van der Waals surface area contributed by atoms with Gasteiger partial charge in [0.15, 0.2) is 0 Å². The number of thiophene rings is 1. The van der Waals surface area contributed by atoms with E-state index < -0.39 is 11.9 Å². The van der Waals surface area contributed by atoms with Gasteiger partial charge >= 0.3 is 5.97 Å². The number of anilines is 2. The van der Waals surface area contributed by atoms with E-state index in [9.17, 15) is 24.8 Å². The van der Waals surface area contributed by atoms with E-state index in [1.807, 2.05) is 6.07 Å². The maximum Gasteiger partial charge on any atom is 0.336 e. The number of rotatable bonds is 7. The maximum absolute atomic E-state index is 12.8. The van der Waals surface area contributed by atoms with Crippen LogP contribution in [-0.4, -0.2) is 28.6 Å². The number of carbonyl (C=O) groups is 3. The van der Waals surface area contributed by atoms with Crippen LogP contribution in [0.15, 0.2) is 53.4 Å². The quantitative estimate of drug-likeness (QED) is 0.292. The third-order valence-corrected chi connectivity index (χ3v) is 8.88. The number of nitriles is 1. The Balaban J connectivity index is 1.39. The van der Waals surface area contributed by atoms with Gasteiger partial charge in [-0.1, -0.05) is 39.0 Å². The number of amides is 2. The number of carboxylic acids is 1. The number of benzene rings is 2. The molecule has 1 aliphatic rings. The van der Waals surface area contributed by atoms with Gasteiger partial charge < -0.3 is 15.7 Å². The highest BCUT2D eigenvalue weighted by Gasteiger charge is 2.32. The van der Waals surface area contributed by atoms with Crippen LogP contribution < -0.4 is 10.6 Å². The summed E-state index contributed by atoms with van der Waals surface area (Å²) in [7, 11) is 0. The third-order valence-electron chi connectivity index (χ3n) is 6.72. The molecule has 2 aromatic carbocycles. The van der Waals surface area contributed by atoms with Crippen molar-refractivity contribution in [1.82, 2.24) is 0 Å². The van der Waals surface area contributed by atoms with E-state index in [-0.39, 0.29) is 28.2 Å². The van der Waals surface area contributed by atoms with Crippen molar-refractivity contribution in [3.63, 3.8) is 0 Å². The van der Waals surface area contributed by atoms with Crippen LogP contribution in [0.4, 0.5) is 10.7 Å². The SMILES string of the molecule is CC(C)(C)C1CCc2c(sc(NC(=O)CSc3cccc(NC(=O)c4ccccc4C(=O)O)c3)c2C#N)C1. The van der Waals surface area contributed by atoms with Gasteiger partial charge in [-0.2, -0.15) is 5.26 Å². The van der Waals surface area contributed by atoms with Crippen LogP contribution in [0.2, 0.25) is 0 Å². The number of thioether (sulfide) groups is 1. The number of carbonyl (C=O) groups excluding carboxylic acids is 2. The molecule has 196 valence electrons. The molecule has 1 unspecified atom stereocenters. The number of nitrogens with one attached hydrogen (secondary N) is 2. The minimum Gasteiger partial charge on any atom is -0.478 e. The first-order chi connectivity index (χ1) is 18.1. The lowest BCUT2D eigenvalue weighted by molar-refractivity contribution is -0.113. The Kier molecular flexibility index (Phi) is 8.24. The molecule has 0 aliphatic heterocycles. The Morgan fingerprint density at radius 3 is 2.53 bits per heavy atom. The van der Waals surface area contributed by atoms with Crippen molar-refractivity contribution in [3.05, 3.63) is 75.7 Å². The third kappa shape index (κ3) is 6.26. The molecule has 1 heterocycles. The largest absolute Gasteiger partial charge is 0.478 e. The summed E-state index contributed by atoms with van der Waals surface area (Å²) in [5.41, 5.74) is 2.34. The Morgan fingerprint density at radius 1 is 1.11 bits per heavy atom. The Hall–Kier alpha value is -3.61. The van der Waals surface area contributed by atoms with Crippen LogP contribution in [0, 0.1) is 22.7 Å². The average Bonchev–Trinajstić information content (AvgIpc) is 3.23. The van der Waals surface area contributed by atoms with E-state index >= 15 is 0 Å². The average molecular weight is 548 g/mol. The Morgan fingerprint density at radius 2 is 1.84 bits per heavy atom. The second-order valence-electron chi connectivity index (χ2n) is 10.3. The van der Waals surface area contributed by atoms with Crippen LogP contribution in [0.3, 0.4) is 0 Å². The molecule has 4 rings (SSSR count). The summed E-state index contributed by atoms with van der Waals surface area (Å²) in [6, 6.07) is 15.3. The fourth-order valence-electron chi connectivity index (χ4n) is 4.57.